The molecular formula is C69H60F3N21O9S6. The lowest BCUT2D eigenvalue weighted by Crippen LogP contribution is -2.53. The Morgan fingerprint density at radius 1 is 0.454 bits per heavy atom. The minimum atomic E-state index is -3.97. The quantitative estimate of drug-likeness (QED) is 0.0896. The third kappa shape index (κ3) is 12.5. The zero-order valence-corrected chi connectivity index (χ0v) is 62.1. The molecule has 3 aliphatic carbocycles. The van der Waals surface area contributed by atoms with Crippen LogP contribution in [0.3, 0.4) is 0 Å². The SMILES string of the molecule is Cn1cc(S(=O)(=O)N2CCC3=Cc4c(cnn4-c4ccc(F)cc4)C[C@]3(C(=O)c3cscn3)C2)nn1.Cn1ncc(S(=O)(=O)N2CCC3=Cc4c(cnn4-c4ccc(F)cc4)C[C@]3(C(=O)c3cscn3)C2)n1.Cn1nncc1S(=O)(=O)N1CCC2=Cc3c(cnn3-c3ccc(F)cc3)C[C@]2(C(=O)c2cscn2)C1. The van der Waals surface area contributed by atoms with Gasteiger partial charge in [-0.05, 0) is 146 Å². The number of halogens is 3. The van der Waals surface area contributed by atoms with Gasteiger partial charge in [-0.25, -0.2) is 72.1 Å². The van der Waals surface area contributed by atoms with Crippen molar-refractivity contribution in [3.63, 3.8) is 0 Å². The lowest BCUT2D eigenvalue weighted by atomic mass is 9.65. The molecule has 12 heterocycles. The molecule has 39 heteroatoms. The molecule has 9 aromatic heterocycles. The number of thiazole rings is 3. The molecule has 0 bridgehead atoms. The predicted octanol–water partition coefficient (Wildman–Crippen LogP) is 7.50. The van der Waals surface area contributed by atoms with Gasteiger partial charge in [0.15, 0.2) is 22.4 Å². The third-order valence-corrected chi connectivity index (χ3v) is 27.4. The molecule has 0 N–H and O–H groups in total. The van der Waals surface area contributed by atoms with Crippen molar-refractivity contribution < 1.29 is 52.8 Å². The van der Waals surface area contributed by atoms with Crippen LogP contribution in [0.4, 0.5) is 13.2 Å². The van der Waals surface area contributed by atoms with E-state index < -0.39 is 46.3 Å². The molecular weight excluding hydrogens is 1520 g/mol. The summed E-state index contributed by atoms with van der Waals surface area (Å²) in [5.41, 5.74) is 11.6. The maximum atomic E-state index is 14.0. The summed E-state index contributed by atoms with van der Waals surface area (Å²) < 4.78 is 133. The van der Waals surface area contributed by atoms with Crippen molar-refractivity contribution in [2.24, 2.45) is 37.4 Å². The summed E-state index contributed by atoms with van der Waals surface area (Å²) in [6.07, 6.45) is 16.4. The molecule has 108 heavy (non-hydrogen) atoms. The number of Topliss-reactive ketones (excluding diaryl/α,β-unsaturated/α-hetero) is 3. The topological polar surface area (TPSA) is 348 Å². The van der Waals surface area contributed by atoms with Gasteiger partial charge in [-0.3, -0.25) is 19.1 Å². The summed E-state index contributed by atoms with van der Waals surface area (Å²) in [7, 11) is -7.22. The minimum Gasteiger partial charge on any atom is -0.291 e. The van der Waals surface area contributed by atoms with E-state index in [0.717, 1.165) is 50.5 Å². The standard InChI is InChI=1S/3C23H20FN7O3S2/c1-29-21(11-26-28-29)36(33,34)30-7-6-16-8-20-15(10-27-31(20)18-4-2-17(24)3-5-18)9-23(16,13-30)22(32)19-12-35-14-25-19;1-29-26-11-21(28-29)36(33,34)30-7-6-16-8-20-15(10-27-31(20)18-4-2-17(24)3-5-18)9-23(16,13-30)22(32)19-12-35-14-25-19;1-29-11-21(27-28-29)36(33,34)30-7-6-16-8-20-15(10-26-31(20)18-4-2-17(24)3-5-18)9-23(16,13-30)22(32)19-12-35-14-25-19/h3*2-5,8,10-12,14H,6-7,9,13H2,1H3/t3*23-/m000/s1. The van der Waals surface area contributed by atoms with Gasteiger partial charge in [0.05, 0.1) is 104 Å². The van der Waals surface area contributed by atoms with Gasteiger partial charge in [-0.1, -0.05) is 27.1 Å². The van der Waals surface area contributed by atoms with Crippen LogP contribution >= 0.6 is 34.0 Å². The maximum Gasteiger partial charge on any atom is 0.264 e. The third-order valence-electron chi connectivity index (χ3n) is 20.3. The highest BCUT2D eigenvalue weighted by atomic mass is 32.2. The molecule has 3 aromatic carbocycles. The fourth-order valence-electron chi connectivity index (χ4n) is 14.9. The van der Waals surface area contributed by atoms with E-state index in [4.69, 9.17) is 0 Å². The van der Waals surface area contributed by atoms with Gasteiger partial charge < -0.3 is 0 Å². The second-order valence-electron chi connectivity index (χ2n) is 26.6. The zero-order chi connectivity index (χ0) is 75.2. The number of hydrogen-bond donors (Lipinski definition) is 0. The monoisotopic (exact) mass is 1580 g/mol. The van der Waals surface area contributed by atoms with Crippen molar-refractivity contribution in [1.29, 1.82) is 0 Å². The normalized spacial score (nSPS) is 20.0. The van der Waals surface area contributed by atoms with Crippen molar-refractivity contribution in [2.45, 2.75) is 53.6 Å². The number of hydrogen-bond acceptors (Lipinski definition) is 24. The first-order valence-corrected chi connectivity index (χ1v) is 40.5. The fraction of sp³-hybridized carbons (Fsp3) is 0.261. The minimum absolute atomic E-state index is 0.0354. The summed E-state index contributed by atoms with van der Waals surface area (Å²) in [6, 6.07) is 18.0. The number of carbonyl (C=O) groups is 3. The number of aromatic nitrogens is 18. The van der Waals surface area contributed by atoms with E-state index >= 15 is 0 Å². The van der Waals surface area contributed by atoms with E-state index in [2.05, 4.69) is 61.1 Å². The lowest BCUT2D eigenvalue weighted by Gasteiger charge is -2.44. The highest BCUT2D eigenvalue weighted by molar-refractivity contribution is 7.89. The van der Waals surface area contributed by atoms with Crippen molar-refractivity contribution >= 4 is 99.7 Å². The smallest absolute Gasteiger partial charge is 0.264 e. The lowest BCUT2D eigenvalue weighted by molar-refractivity contribution is 0.0763. The van der Waals surface area contributed by atoms with Crippen molar-refractivity contribution in [1.82, 2.24) is 102 Å². The summed E-state index contributed by atoms with van der Waals surface area (Å²) in [5.74, 6) is -1.71. The number of benzene rings is 3. The molecule has 3 saturated heterocycles. The number of sulfonamides is 3. The van der Waals surface area contributed by atoms with E-state index in [9.17, 15) is 52.8 Å². The van der Waals surface area contributed by atoms with Gasteiger partial charge in [-0.2, -0.15) is 38.1 Å². The van der Waals surface area contributed by atoms with Gasteiger partial charge in [-0.15, -0.1) is 49.3 Å². The molecule has 3 aliphatic heterocycles. The number of ketones is 3. The van der Waals surface area contributed by atoms with Crippen LogP contribution in [0.1, 0.15) is 84.5 Å². The van der Waals surface area contributed by atoms with Crippen molar-refractivity contribution in [3.05, 3.63) is 228 Å². The largest absolute Gasteiger partial charge is 0.291 e. The van der Waals surface area contributed by atoms with Crippen LogP contribution in [-0.4, -0.2) is 184 Å². The summed E-state index contributed by atoms with van der Waals surface area (Å²) in [4.78, 5) is 55.7. The second-order valence-corrected chi connectivity index (χ2v) is 34.4. The van der Waals surface area contributed by atoms with E-state index in [0.29, 0.717) is 53.4 Å². The number of carbonyl (C=O) groups excluding carboxylic acids is 3. The fourth-order valence-corrected chi connectivity index (χ4v) is 20.9. The van der Waals surface area contributed by atoms with Gasteiger partial charge in [0.25, 0.3) is 30.1 Å². The van der Waals surface area contributed by atoms with Crippen LogP contribution in [-0.2, 0) is 70.5 Å². The molecule has 0 saturated carbocycles. The van der Waals surface area contributed by atoms with E-state index in [-0.39, 0.29) is 108 Å². The van der Waals surface area contributed by atoms with Crippen LogP contribution < -0.4 is 0 Å². The van der Waals surface area contributed by atoms with Crippen molar-refractivity contribution in [3.8, 4) is 17.1 Å². The molecule has 30 nitrogen and oxygen atoms in total. The Bertz CT molecular complexity index is 5730. The van der Waals surface area contributed by atoms with Crippen molar-refractivity contribution in [2.75, 3.05) is 39.3 Å². The molecule has 6 aliphatic rings. The summed E-state index contributed by atoms with van der Waals surface area (Å²) in [5, 5.41) is 41.1. The highest BCUT2D eigenvalue weighted by Crippen LogP contribution is 2.51. The number of rotatable bonds is 15. The molecule has 3 fully saturated rings. The van der Waals surface area contributed by atoms with Gasteiger partial charge in [0.1, 0.15) is 34.5 Å². The Morgan fingerprint density at radius 2 is 0.824 bits per heavy atom. The van der Waals surface area contributed by atoms with E-state index in [1.54, 1.807) is 116 Å². The number of piperidine rings is 3. The molecule has 12 aromatic rings. The van der Waals surface area contributed by atoms with Crippen LogP contribution in [0.25, 0.3) is 35.3 Å². The van der Waals surface area contributed by atoms with E-state index in [1.165, 1.54) is 123 Å². The summed E-state index contributed by atoms with van der Waals surface area (Å²) in [6.45, 7) is 0.452. The Morgan fingerprint density at radius 3 is 1.14 bits per heavy atom. The number of nitrogens with zero attached hydrogens (tertiary/aromatic N) is 21. The predicted molar refractivity (Wildman–Crippen MR) is 385 cm³/mol. The molecule has 0 spiro atoms. The molecule has 0 radical (unpaired) electrons. The zero-order valence-electron chi connectivity index (χ0n) is 57.2. The molecule has 18 rings (SSSR count). The van der Waals surface area contributed by atoms with Gasteiger partial charge in [0, 0.05) is 76.6 Å². The molecule has 3 atom stereocenters. The summed E-state index contributed by atoms with van der Waals surface area (Å²) >= 11 is 3.93. The average molecular weight is 1580 g/mol. The molecule has 0 unspecified atom stereocenters. The molecule has 0 amide bonds. The number of fused-ring (bicyclic) bond motifs is 6. The van der Waals surface area contributed by atoms with Crippen LogP contribution in [0.15, 0.2) is 174 Å². The molecule has 552 valence electrons. The Labute approximate surface area is 625 Å². The van der Waals surface area contributed by atoms with Crippen LogP contribution in [0.2, 0.25) is 0 Å². The Hall–Kier alpha value is -10.7. The first-order valence-electron chi connectivity index (χ1n) is 33.3. The Kier molecular flexibility index (Phi) is 18.3. The van der Waals surface area contributed by atoms with Crippen LogP contribution in [0, 0.1) is 33.7 Å². The van der Waals surface area contributed by atoms with Gasteiger partial charge >= 0.3 is 0 Å². The van der Waals surface area contributed by atoms with Crippen LogP contribution in [0.5, 0.6) is 0 Å². The highest BCUT2D eigenvalue weighted by Gasteiger charge is 2.55. The first kappa shape index (κ1) is 71.6. The van der Waals surface area contributed by atoms with E-state index in [1.807, 2.05) is 18.2 Å². The maximum absolute atomic E-state index is 14.0. The number of aryl methyl sites for hydroxylation is 3. The Balaban J connectivity index is 0.000000124. The van der Waals surface area contributed by atoms with Gasteiger partial charge in [0.2, 0.25) is 10.1 Å². The first-order chi connectivity index (χ1) is 51.8. The average Bonchev–Trinajstić information content (AvgIpc) is 1.36. The second kappa shape index (κ2) is 27.5.